The van der Waals surface area contributed by atoms with Crippen molar-refractivity contribution in [3.8, 4) is 5.75 Å². The summed E-state index contributed by atoms with van der Waals surface area (Å²) in [7, 11) is 4.59. The minimum absolute atomic E-state index is 0.0952. The lowest BCUT2D eigenvalue weighted by atomic mass is 10.1. The molecule has 2 aromatic heterocycles. The lowest BCUT2D eigenvalue weighted by Gasteiger charge is -2.15. The highest BCUT2D eigenvalue weighted by molar-refractivity contribution is 5.90. The number of furan rings is 2. The molecule has 0 unspecified atom stereocenters. The Kier molecular flexibility index (Phi) is 5.21. The maximum Gasteiger partial charge on any atom is 0.341 e. The van der Waals surface area contributed by atoms with Crippen LogP contribution in [0.2, 0.25) is 0 Å². The number of carbonyl (C=O) groups is 2. The lowest BCUT2D eigenvalue weighted by Crippen LogP contribution is -2.27. The van der Waals surface area contributed by atoms with Gasteiger partial charge in [-0.2, -0.15) is 0 Å². The molecule has 0 aliphatic heterocycles. The van der Waals surface area contributed by atoms with Gasteiger partial charge in [0.15, 0.2) is 0 Å². The van der Waals surface area contributed by atoms with E-state index in [-0.39, 0.29) is 18.9 Å². The first-order valence-electron chi connectivity index (χ1n) is 8.38. The number of methoxy groups -OCH3 is 2. The molecule has 0 radical (unpaired) electrons. The molecule has 0 fully saturated rings. The molecule has 3 aromatic rings. The molecule has 27 heavy (non-hydrogen) atoms. The molecule has 0 aliphatic rings. The highest BCUT2D eigenvalue weighted by Gasteiger charge is 2.19. The number of likely N-dealkylation sites (N-methyl/N-ethyl adjacent to an activating group) is 1. The lowest BCUT2D eigenvalue weighted by molar-refractivity contribution is -0.129. The van der Waals surface area contributed by atoms with Gasteiger partial charge in [-0.15, -0.1) is 0 Å². The van der Waals surface area contributed by atoms with Crippen molar-refractivity contribution in [1.29, 1.82) is 0 Å². The third kappa shape index (κ3) is 3.81. The number of fused-ring (bicyclic) bond motifs is 1. The van der Waals surface area contributed by atoms with E-state index in [1.807, 2.05) is 12.1 Å². The van der Waals surface area contributed by atoms with E-state index in [1.54, 1.807) is 44.4 Å². The second-order valence-corrected chi connectivity index (χ2v) is 6.22. The predicted molar refractivity (Wildman–Crippen MR) is 97.7 cm³/mol. The summed E-state index contributed by atoms with van der Waals surface area (Å²) >= 11 is 0. The molecule has 0 aliphatic carbocycles. The Balaban J connectivity index is 1.70. The van der Waals surface area contributed by atoms with E-state index in [0.717, 1.165) is 10.9 Å². The number of rotatable bonds is 6. The number of hydrogen-bond acceptors (Lipinski definition) is 6. The van der Waals surface area contributed by atoms with Crippen LogP contribution in [0.1, 0.15) is 27.4 Å². The molecule has 1 aromatic carbocycles. The van der Waals surface area contributed by atoms with Crippen molar-refractivity contribution in [1.82, 2.24) is 4.90 Å². The number of carbonyl (C=O) groups excluding carboxylic acids is 2. The summed E-state index contributed by atoms with van der Waals surface area (Å²) < 4.78 is 21.0. The average Bonchev–Trinajstić information content (AvgIpc) is 3.23. The summed E-state index contributed by atoms with van der Waals surface area (Å²) in [5, 5.41) is 0.874. The minimum atomic E-state index is -0.461. The van der Waals surface area contributed by atoms with Crippen molar-refractivity contribution in [2.75, 3.05) is 21.3 Å². The summed E-state index contributed by atoms with van der Waals surface area (Å²) in [4.78, 5) is 25.8. The minimum Gasteiger partial charge on any atom is -0.497 e. The Morgan fingerprint density at radius 1 is 1.19 bits per heavy atom. The first kappa shape index (κ1) is 18.6. The molecule has 0 saturated carbocycles. The number of amides is 1. The Morgan fingerprint density at radius 2 is 1.96 bits per heavy atom. The maximum atomic E-state index is 12.6. The van der Waals surface area contributed by atoms with Gasteiger partial charge in [0.05, 0.1) is 33.4 Å². The molecule has 0 saturated heterocycles. The van der Waals surface area contributed by atoms with Gasteiger partial charge in [0.1, 0.15) is 28.4 Å². The summed E-state index contributed by atoms with van der Waals surface area (Å²) in [5.74, 6) is 1.12. The van der Waals surface area contributed by atoms with Crippen LogP contribution in [-0.2, 0) is 22.5 Å². The number of hydrogen-bond donors (Lipinski definition) is 0. The molecule has 0 atom stereocenters. The molecule has 7 heteroatoms. The van der Waals surface area contributed by atoms with Gasteiger partial charge in [-0.1, -0.05) is 0 Å². The Hall–Kier alpha value is -3.22. The fraction of sp³-hybridized carbons (Fsp3) is 0.300. The molecule has 2 heterocycles. The van der Waals surface area contributed by atoms with Gasteiger partial charge >= 0.3 is 5.97 Å². The fourth-order valence-corrected chi connectivity index (χ4v) is 2.88. The van der Waals surface area contributed by atoms with Crippen LogP contribution >= 0.6 is 0 Å². The summed E-state index contributed by atoms with van der Waals surface area (Å²) in [6.07, 6.45) is 1.78. The zero-order valence-corrected chi connectivity index (χ0v) is 15.7. The van der Waals surface area contributed by atoms with Crippen LogP contribution in [0.3, 0.4) is 0 Å². The van der Waals surface area contributed by atoms with Crippen molar-refractivity contribution in [3.63, 3.8) is 0 Å². The average molecular weight is 371 g/mol. The fourth-order valence-electron chi connectivity index (χ4n) is 2.88. The molecule has 0 bridgehead atoms. The van der Waals surface area contributed by atoms with Crippen LogP contribution in [0.4, 0.5) is 0 Å². The van der Waals surface area contributed by atoms with E-state index in [4.69, 9.17) is 18.3 Å². The Labute approximate surface area is 156 Å². The topological polar surface area (TPSA) is 82.1 Å². The molecule has 142 valence electrons. The van der Waals surface area contributed by atoms with Crippen LogP contribution in [0.15, 0.2) is 39.4 Å². The second-order valence-electron chi connectivity index (χ2n) is 6.22. The quantitative estimate of drug-likeness (QED) is 0.618. The van der Waals surface area contributed by atoms with Gasteiger partial charge in [0.25, 0.3) is 0 Å². The van der Waals surface area contributed by atoms with E-state index in [9.17, 15) is 9.59 Å². The second kappa shape index (κ2) is 7.57. The first-order chi connectivity index (χ1) is 12.9. The van der Waals surface area contributed by atoms with Crippen LogP contribution < -0.4 is 4.74 Å². The number of esters is 1. The van der Waals surface area contributed by atoms with E-state index in [0.29, 0.717) is 28.4 Å². The van der Waals surface area contributed by atoms with E-state index in [1.165, 1.54) is 7.11 Å². The largest absolute Gasteiger partial charge is 0.497 e. The van der Waals surface area contributed by atoms with Crippen LogP contribution in [0.5, 0.6) is 5.75 Å². The monoisotopic (exact) mass is 371 g/mol. The number of benzene rings is 1. The third-order valence-electron chi connectivity index (χ3n) is 4.40. The van der Waals surface area contributed by atoms with Crippen molar-refractivity contribution >= 4 is 22.8 Å². The normalized spacial score (nSPS) is 10.8. The Bertz CT molecular complexity index is 984. The predicted octanol–water partition coefficient (Wildman–Crippen LogP) is 3.33. The molecular weight excluding hydrogens is 350 g/mol. The standard InChI is InChI=1S/C20H21NO6/c1-12-17(20(23)25-4)8-15(27-12)10-21(2)19(22)7-13-11-26-18-9-14(24-3)5-6-16(13)18/h5-6,8-9,11H,7,10H2,1-4H3. The number of nitrogens with zero attached hydrogens (tertiary/aromatic N) is 1. The van der Waals surface area contributed by atoms with Crippen molar-refractivity contribution in [2.45, 2.75) is 19.9 Å². The van der Waals surface area contributed by atoms with Crippen molar-refractivity contribution in [2.24, 2.45) is 0 Å². The van der Waals surface area contributed by atoms with Gasteiger partial charge in [0, 0.05) is 24.1 Å². The molecule has 0 N–H and O–H groups in total. The summed E-state index contributed by atoms with van der Waals surface area (Å²) in [6.45, 7) is 1.93. The molecule has 1 amide bonds. The summed E-state index contributed by atoms with van der Waals surface area (Å²) in [6, 6.07) is 7.09. The highest BCUT2D eigenvalue weighted by Crippen LogP contribution is 2.26. The molecular formula is C20H21NO6. The molecule has 7 nitrogen and oxygen atoms in total. The van der Waals surface area contributed by atoms with E-state index < -0.39 is 5.97 Å². The van der Waals surface area contributed by atoms with Gasteiger partial charge in [-0.3, -0.25) is 4.79 Å². The van der Waals surface area contributed by atoms with Crippen LogP contribution in [-0.4, -0.2) is 38.0 Å². The molecule has 0 spiro atoms. The van der Waals surface area contributed by atoms with Crippen LogP contribution in [0, 0.1) is 6.92 Å². The smallest absolute Gasteiger partial charge is 0.341 e. The zero-order valence-electron chi connectivity index (χ0n) is 15.7. The zero-order chi connectivity index (χ0) is 19.6. The van der Waals surface area contributed by atoms with Crippen molar-refractivity contribution in [3.05, 3.63) is 53.2 Å². The first-order valence-corrected chi connectivity index (χ1v) is 8.38. The maximum absolute atomic E-state index is 12.6. The SMILES string of the molecule is COC(=O)c1cc(CN(C)C(=O)Cc2coc3cc(OC)ccc23)oc1C. The van der Waals surface area contributed by atoms with Gasteiger partial charge in [-0.25, -0.2) is 4.79 Å². The third-order valence-corrected chi connectivity index (χ3v) is 4.40. The molecule has 3 rings (SSSR count). The highest BCUT2D eigenvalue weighted by atomic mass is 16.5. The van der Waals surface area contributed by atoms with Gasteiger partial charge in [-0.05, 0) is 25.1 Å². The van der Waals surface area contributed by atoms with E-state index in [2.05, 4.69) is 0 Å². The number of ether oxygens (including phenoxy) is 2. The van der Waals surface area contributed by atoms with Crippen molar-refractivity contribution < 1.29 is 27.9 Å². The van der Waals surface area contributed by atoms with Gasteiger partial charge < -0.3 is 23.2 Å². The van der Waals surface area contributed by atoms with Gasteiger partial charge in [0.2, 0.25) is 5.91 Å². The van der Waals surface area contributed by atoms with E-state index >= 15 is 0 Å². The Morgan fingerprint density at radius 3 is 2.67 bits per heavy atom. The summed E-state index contributed by atoms with van der Waals surface area (Å²) in [5.41, 5.74) is 1.84. The number of aryl methyl sites for hydroxylation is 1. The van der Waals surface area contributed by atoms with Crippen LogP contribution in [0.25, 0.3) is 11.0 Å².